The van der Waals surface area contributed by atoms with Gasteiger partial charge < -0.3 is 5.32 Å². The highest BCUT2D eigenvalue weighted by atomic mass is 35.5. The van der Waals surface area contributed by atoms with E-state index in [0.29, 0.717) is 33.6 Å². The molecule has 16 heavy (non-hydrogen) atoms. The Kier molecular flexibility index (Phi) is 3.48. The fourth-order valence-electron chi connectivity index (χ4n) is 1.52. The van der Waals surface area contributed by atoms with Gasteiger partial charge in [-0.1, -0.05) is 11.6 Å². The van der Waals surface area contributed by atoms with Crippen LogP contribution in [-0.2, 0) is 22.1 Å². The lowest BCUT2D eigenvalue weighted by Gasteiger charge is -2.20. The number of anilines is 2. The highest BCUT2D eigenvalue weighted by Crippen LogP contribution is 2.34. The fourth-order valence-corrected chi connectivity index (χ4v) is 3.38. The molecule has 0 saturated carbocycles. The van der Waals surface area contributed by atoms with Crippen molar-refractivity contribution in [3.05, 3.63) is 17.2 Å². The van der Waals surface area contributed by atoms with Gasteiger partial charge in [0.1, 0.15) is 0 Å². The van der Waals surface area contributed by atoms with Crippen molar-refractivity contribution >= 4 is 45.0 Å². The van der Waals surface area contributed by atoms with E-state index < -0.39 is 22.1 Å². The first kappa shape index (κ1) is 11.8. The SMILES string of the molecule is O=S(O)Nc1cc(Cl)cc2c1S(=O)CCN2. The van der Waals surface area contributed by atoms with Crippen molar-refractivity contribution in [2.75, 3.05) is 22.3 Å². The molecule has 8 heteroatoms. The molecule has 1 aromatic carbocycles. The first-order chi connectivity index (χ1) is 7.58. The van der Waals surface area contributed by atoms with Crippen LogP contribution in [0.2, 0.25) is 5.02 Å². The van der Waals surface area contributed by atoms with Gasteiger partial charge in [-0.25, -0.2) is 4.21 Å². The summed E-state index contributed by atoms with van der Waals surface area (Å²) in [6.45, 7) is 0.599. The maximum absolute atomic E-state index is 11.8. The molecule has 2 rings (SSSR count). The molecule has 5 nitrogen and oxygen atoms in total. The molecule has 0 saturated heterocycles. The lowest BCUT2D eigenvalue weighted by Crippen LogP contribution is -2.20. The van der Waals surface area contributed by atoms with Crippen molar-refractivity contribution in [1.29, 1.82) is 0 Å². The van der Waals surface area contributed by atoms with Gasteiger partial charge in [-0.3, -0.25) is 13.5 Å². The number of rotatable bonds is 2. The average molecular weight is 281 g/mol. The van der Waals surface area contributed by atoms with Crippen molar-refractivity contribution in [3.8, 4) is 0 Å². The molecule has 0 spiro atoms. The Labute approximate surface area is 102 Å². The average Bonchev–Trinajstić information content (AvgIpc) is 2.15. The van der Waals surface area contributed by atoms with Gasteiger partial charge in [0.15, 0.2) is 0 Å². The van der Waals surface area contributed by atoms with Crippen LogP contribution in [0.5, 0.6) is 0 Å². The minimum absolute atomic E-state index is 0.328. The molecule has 1 heterocycles. The Bertz CT molecular complexity index is 481. The lowest BCUT2D eigenvalue weighted by molar-refractivity contribution is 0.570. The van der Waals surface area contributed by atoms with Crippen LogP contribution in [0.1, 0.15) is 0 Å². The van der Waals surface area contributed by atoms with E-state index >= 15 is 0 Å². The number of hydrogen-bond donors (Lipinski definition) is 3. The predicted molar refractivity (Wildman–Crippen MR) is 65.6 cm³/mol. The molecule has 2 atom stereocenters. The van der Waals surface area contributed by atoms with Gasteiger partial charge >= 0.3 is 0 Å². The van der Waals surface area contributed by atoms with Gasteiger partial charge in [0.2, 0.25) is 0 Å². The minimum atomic E-state index is -2.21. The van der Waals surface area contributed by atoms with Crippen molar-refractivity contribution < 1.29 is 13.0 Å². The van der Waals surface area contributed by atoms with E-state index in [2.05, 4.69) is 10.0 Å². The number of nitrogens with one attached hydrogen (secondary N) is 2. The number of halogens is 1. The molecular weight excluding hydrogens is 272 g/mol. The summed E-state index contributed by atoms with van der Waals surface area (Å²) in [5, 5.41) is 3.46. The quantitative estimate of drug-likeness (QED) is 0.716. The van der Waals surface area contributed by atoms with Crippen LogP contribution in [0.15, 0.2) is 17.0 Å². The third-order valence-corrected chi connectivity index (χ3v) is 4.16. The fraction of sp³-hybridized carbons (Fsp3) is 0.250. The van der Waals surface area contributed by atoms with E-state index in [0.717, 1.165) is 0 Å². The van der Waals surface area contributed by atoms with Gasteiger partial charge in [0.05, 0.1) is 27.1 Å². The van der Waals surface area contributed by atoms with Crippen LogP contribution in [0.25, 0.3) is 0 Å². The minimum Gasteiger partial charge on any atom is -0.383 e. The summed E-state index contributed by atoms with van der Waals surface area (Å²) >= 11 is 3.64. The molecule has 0 aromatic heterocycles. The topological polar surface area (TPSA) is 78.4 Å². The van der Waals surface area contributed by atoms with Gasteiger partial charge in [-0.05, 0) is 12.1 Å². The molecule has 1 aromatic rings. The molecule has 2 unspecified atom stereocenters. The maximum Gasteiger partial charge on any atom is 0.259 e. The Balaban J connectivity index is 2.54. The molecular formula is C8H9ClN2O3S2. The highest BCUT2D eigenvalue weighted by molar-refractivity contribution is 7.85. The summed E-state index contributed by atoms with van der Waals surface area (Å²) in [5.74, 6) is 0.474. The van der Waals surface area contributed by atoms with Crippen molar-refractivity contribution in [1.82, 2.24) is 0 Å². The summed E-state index contributed by atoms with van der Waals surface area (Å²) in [7, 11) is -1.18. The van der Waals surface area contributed by atoms with Crippen LogP contribution in [0.3, 0.4) is 0 Å². The van der Waals surface area contributed by atoms with Gasteiger partial charge in [0, 0.05) is 17.3 Å². The first-order valence-electron chi connectivity index (χ1n) is 4.41. The molecule has 0 aliphatic carbocycles. The lowest BCUT2D eigenvalue weighted by atomic mass is 10.2. The molecule has 0 amide bonds. The highest BCUT2D eigenvalue weighted by Gasteiger charge is 2.21. The second-order valence-corrected chi connectivity index (χ2v) is 5.80. The molecule has 88 valence electrons. The van der Waals surface area contributed by atoms with Gasteiger partial charge in [0.25, 0.3) is 11.3 Å². The molecule has 3 N–H and O–H groups in total. The monoisotopic (exact) mass is 280 g/mol. The Morgan fingerprint density at radius 3 is 3.00 bits per heavy atom. The van der Waals surface area contributed by atoms with E-state index in [9.17, 15) is 8.42 Å². The molecule has 1 aliphatic rings. The zero-order valence-corrected chi connectivity index (χ0v) is 10.4. The normalized spacial score (nSPS) is 20.8. The van der Waals surface area contributed by atoms with Crippen molar-refractivity contribution in [2.24, 2.45) is 0 Å². The van der Waals surface area contributed by atoms with E-state index in [-0.39, 0.29) is 0 Å². The van der Waals surface area contributed by atoms with Crippen molar-refractivity contribution in [3.63, 3.8) is 0 Å². The van der Waals surface area contributed by atoms with E-state index in [4.69, 9.17) is 16.2 Å². The number of hydrogen-bond acceptors (Lipinski definition) is 3. The first-order valence-corrected chi connectivity index (χ1v) is 7.21. The summed E-state index contributed by atoms with van der Waals surface area (Å²) in [5.41, 5.74) is 0.971. The summed E-state index contributed by atoms with van der Waals surface area (Å²) in [6, 6.07) is 3.14. The summed E-state index contributed by atoms with van der Waals surface area (Å²) < 4.78 is 33.6. The van der Waals surface area contributed by atoms with Crippen LogP contribution in [0, 0.1) is 0 Å². The van der Waals surface area contributed by atoms with Crippen molar-refractivity contribution in [2.45, 2.75) is 4.90 Å². The Morgan fingerprint density at radius 1 is 1.56 bits per heavy atom. The van der Waals surface area contributed by atoms with E-state index in [1.165, 1.54) is 6.07 Å². The third kappa shape index (κ3) is 2.37. The smallest absolute Gasteiger partial charge is 0.259 e. The Morgan fingerprint density at radius 2 is 2.31 bits per heavy atom. The predicted octanol–water partition coefficient (Wildman–Crippen LogP) is 1.42. The zero-order valence-electron chi connectivity index (χ0n) is 8.03. The molecule has 1 aliphatic heterocycles. The van der Waals surface area contributed by atoms with E-state index in [1.807, 2.05) is 0 Å². The molecule has 0 fully saturated rings. The second kappa shape index (κ2) is 4.70. The van der Waals surface area contributed by atoms with E-state index in [1.54, 1.807) is 6.07 Å². The van der Waals surface area contributed by atoms with Crippen LogP contribution in [-0.4, -0.2) is 25.3 Å². The van der Waals surface area contributed by atoms with Crippen LogP contribution in [0.4, 0.5) is 11.4 Å². The maximum atomic E-state index is 11.8. The van der Waals surface area contributed by atoms with Gasteiger partial charge in [-0.2, -0.15) is 0 Å². The van der Waals surface area contributed by atoms with Crippen LogP contribution >= 0.6 is 11.6 Å². The van der Waals surface area contributed by atoms with Gasteiger partial charge in [-0.15, -0.1) is 0 Å². The van der Waals surface area contributed by atoms with Crippen LogP contribution < -0.4 is 10.0 Å². The summed E-state index contributed by atoms with van der Waals surface area (Å²) in [4.78, 5) is 0.498. The molecule has 0 radical (unpaired) electrons. The number of fused-ring (bicyclic) bond motifs is 1. The Hall–Kier alpha value is -0.630. The second-order valence-electron chi connectivity index (χ2n) is 3.16. The third-order valence-electron chi connectivity index (χ3n) is 2.08. The zero-order chi connectivity index (χ0) is 11.7. The standard InChI is InChI=1S/C8H9ClN2O3S2/c9-5-3-6-8(15(12)2-1-10-6)7(4-5)11-16(13)14/h3-4,10-11H,1-2H2,(H,13,14). The largest absolute Gasteiger partial charge is 0.383 e. The molecule has 0 bridgehead atoms. The number of benzene rings is 1. The summed E-state index contributed by atoms with van der Waals surface area (Å²) in [6.07, 6.45) is 0.